The van der Waals surface area contributed by atoms with Gasteiger partial charge in [0.25, 0.3) is 0 Å². The number of hydrazone groups is 1. The summed E-state index contributed by atoms with van der Waals surface area (Å²) in [6, 6.07) is 28.7. The van der Waals surface area contributed by atoms with Crippen LogP contribution in [0, 0.1) is 6.92 Å². The molecule has 43 heavy (non-hydrogen) atoms. The molecule has 5 aromatic rings. The zero-order chi connectivity index (χ0) is 29.5. The number of allylic oxidation sites excluding steroid dienone is 1. The first-order valence-electron chi connectivity index (χ1n) is 14.1. The summed E-state index contributed by atoms with van der Waals surface area (Å²) < 4.78 is 11.9. The molecule has 0 saturated carbocycles. The van der Waals surface area contributed by atoms with E-state index in [1.54, 1.807) is 30.4 Å². The van der Waals surface area contributed by atoms with Crippen molar-refractivity contribution in [3.63, 3.8) is 0 Å². The summed E-state index contributed by atoms with van der Waals surface area (Å²) in [5, 5.41) is 6.49. The number of fused-ring (bicyclic) bond motifs is 4. The van der Waals surface area contributed by atoms with Gasteiger partial charge in [0.05, 0.1) is 11.6 Å². The van der Waals surface area contributed by atoms with Crippen LogP contribution >= 0.6 is 0 Å². The molecule has 0 amide bonds. The minimum atomic E-state index is -0.538. The largest absolute Gasteiger partial charge is 0.438 e. The van der Waals surface area contributed by atoms with Crippen molar-refractivity contribution in [1.82, 2.24) is 4.98 Å². The Labute approximate surface area is 248 Å². The third kappa shape index (κ3) is 4.95. The third-order valence-corrected chi connectivity index (χ3v) is 7.85. The summed E-state index contributed by atoms with van der Waals surface area (Å²) in [6.07, 6.45) is 4.07. The highest BCUT2D eigenvalue weighted by molar-refractivity contribution is 6.52. The molecule has 2 heterocycles. The molecule has 1 N–H and O–H groups in total. The van der Waals surface area contributed by atoms with Crippen molar-refractivity contribution in [1.29, 1.82) is 0 Å². The summed E-state index contributed by atoms with van der Waals surface area (Å²) in [4.78, 5) is 31.2. The molecule has 0 saturated heterocycles. The molecule has 1 aliphatic heterocycles. The lowest BCUT2D eigenvalue weighted by Crippen LogP contribution is -2.21. The van der Waals surface area contributed by atoms with Gasteiger partial charge in [0.1, 0.15) is 17.2 Å². The Kier molecular flexibility index (Phi) is 6.55. The van der Waals surface area contributed by atoms with Gasteiger partial charge in [0, 0.05) is 34.2 Å². The molecule has 0 spiro atoms. The quantitative estimate of drug-likeness (QED) is 0.131. The summed E-state index contributed by atoms with van der Waals surface area (Å²) in [6.45, 7) is 3.75. The number of aryl methyl sites for hydroxylation is 1. The van der Waals surface area contributed by atoms with Gasteiger partial charge in [-0.05, 0) is 66.8 Å². The number of hydrogen-bond donors (Lipinski definition) is 1. The molecule has 210 valence electrons. The molecule has 0 bridgehead atoms. The second-order valence-electron chi connectivity index (χ2n) is 10.7. The summed E-state index contributed by atoms with van der Waals surface area (Å²) in [7, 11) is 0. The van der Waals surface area contributed by atoms with Crippen LogP contribution in [0.2, 0.25) is 0 Å². The Morgan fingerprint density at radius 1 is 0.953 bits per heavy atom. The van der Waals surface area contributed by atoms with E-state index in [9.17, 15) is 9.59 Å². The molecule has 1 aromatic heterocycles. The van der Waals surface area contributed by atoms with Crippen LogP contribution in [0.4, 0.5) is 5.69 Å². The van der Waals surface area contributed by atoms with Gasteiger partial charge in [-0.25, -0.2) is 4.98 Å². The van der Waals surface area contributed by atoms with Gasteiger partial charge < -0.3 is 9.47 Å². The molecule has 4 aromatic carbocycles. The predicted molar refractivity (Wildman–Crippen MR) is 167 cm³/mol. The second-order valence-corrected chi connectivity index (χ2v) is 10.7. The normalized spacial score (nSPS) is 14.8. The number of benzene rings is 4. The van der Waals surface area contributed by atoms with E-state index in [0.29, 0.717) is 29.2 Å². The van der Waals surface area contributed by atoms with Gasteiger partial charge in [0.2, 0.25) is 11.7 Å². The third-order valence-electron chi connectivity index (χ3n) is 7.85. The lowest BCUT2D eigenvalue weighted by molar-refractivity contribution is -0.135. The van der Waals surface area contributed by atoms with Gasteiger partial charge >= 0.3 is 5.97 Å². The van der Waals surface area contributed by atoms with Gasteiger partial charge in [-0.2, -0.15) is 5.10 Å². The van der Waals surface area contributed by atoms with E-state index < -0.39 is 11.9 Å². The van der Waals surface area contributed by atoms with E-state index in [1.807, 2.05) is 86.6 Å². The van der Waals surface area contributed by atoms with Crippen molar-refractivity contribution in [3.8, 4) is 17.4 Å². The van der Waals surface area contributed by atoms with Gasteiger partial charge in [-0.3, -0.25) is 15.0 Å². The smallest absolute Gasteiger partial charge is 0.318 e. The van der Waals surface area contributed by atoms with E-state index in [2.05, 4.69) is 15.5 Å². The van der Waals surface area contributed by atoms with Gasteiger partial charge in [-0.1, -0.05) is 66.7 Å². The van der Waals surface area contributed by atoms with Crippen molar-refractivity contribution >= 4 is 40.0 Å². The van der Waals surface area contributed by atoms with Crippen molar-refractivity contribution in [3.05, 3.63) is 131 Å². The Morgan fingerprint density at radius 2 is 1.79 bits per heavy atom. The molecule has 1 atom stereocenters. The maximum absolute atomic E-state index is 13.4. The number of aromatic nitrogens is 1. The topological polar surface area (TPSA) is 89.9 Å². The van der Waals surface area contributed by atoms with Crippen LogP contribution in [-0.2, 0) is 11.2 Å². The summed E-state index contributed by atoms with van der Waals surface area (Å²) >= 11 is 0. The van der Waals surface area contributed by atoms with Crippen LogP contribution in [-0.4, -0.2) is 22.4 Å². The molecule has 7 rings (SSSR count). The highest BCUT2D eigenvalue weighted by atomic mass is 16.5. The maximum atomic E-state index is 13.4. The minimum Gasteiger partial charge on any atom is -0.438 e. The monoisotopic (exact) mass is 565 g/mol. The molecule has 2 aliphatic rings. The number of hydrogen-bond acceptors (Lipinski definition) is 7. The van der Waals surface area contributed by atoms with E-state index in [1.165, 1.54) is 0 Å². The Bertz CT molecular complexity index is 2000. The number of nitrogens with one attached hydrogen (secondary N) is 1. The Balaban J connectivity index is 1.08. The number of carbonyl (C=O) groups excluding carboxylic acids is 2. The van der Waals surface area contributed by atoms with E-state index in [4.69, 9.17) is 9.47 Å². The van der Waals surface area contributed by atoms with Crippen LogP contribution in [0.15, 0.2) is 102 Å². The zero-order valence-electron chi connectivity index (χ0n) is 23.6. The predicted octanol–water partition coefficient (Wildman–Crippen LogP) is 7.63. The number of esters is 1. The summed E-state index contributed by atoms with van der Waals surface area (Å²) in [5.41, 5.74) is 8.81. The highest BCUT2D eigenvalue weighted by Gasteiger charge is 2.26. The average Bonchev–Trinajstić information content (AvgIpc) is 3.03. The average molecular weight is 566 g/mol. The fourth-order valence-corrected chi connectivity index (χ4v) is 5.44. The highest BCUT2D eigenvalue weighted by Crippen LogP contribution is 2.37. The fourth-order valence-electron chi connectivity index (χ4n) is 5.44. The molecule has 7 nitrogen and oxygen atoms in total. The van der Waals surface area contributed by atoms with Crippen molar-refractivity contribution in [2.45, 2.75) is 26.2 Å². The van der Waals surface area contributed by atoms with Crippen LogP contribution < -0.4 is 14.9 Å². The van der Waals surface area contributed by atoms with Crippen molar-refractivity contribution in [2.24, 2.45) is 5.10 Å². The van der Waals surface area contributed by atoms with E-state index in [-0.39, 0.29) is 11.5 Å². The molecule has 7 heteroatoms. The fraction of sp³-hybridized carbons (Fsp3) is 0.111. The first-order valence-corrected chi connectivity index (χ1v) is 14.1. The minimum absolute atomic E-state index is 0.254. The van der Waals surface area contributed by atoms with E-state index >= 15 is 0 Å². The number of pyridine rings is 1. The van der Waals surface area contributed by atoms with Crippen molar-refractivity contribution < 1.29 is 19.1 Å². The zero-order valence-corrected chi connectivity index (χ0v) is 23.6. The second kappa shape index (κ2) is 10.7. The Morgan fingerprint density at radius 3 is 2.70 bits per heavy atom. The van der Waals surface area contributed by atoms with Crippen LogP contribution in [0.25, 0.3) is 16.8 Å². The number of nitrogens with zero attached hydrogens (tertiary/aromatic N) is 2. The van der Waals surface area contributed by atoms with Crippen LogP contribution in [0.1, 0.15) is 51.1 Å². The number of anilines is 1. The first kappa shape index (κ1) is 26.3. The molecule has 0 fully saturated rings. The number of carbonyl (C=O) groups is 2. The van der Waals surface area contributed by atoms with Crippen LogP contribution in [0.5, 0.6) is 17.4 Å². The standard InChI is InChI=1S/C36H27N3O4/c1-21-13-14-25-20-26-19-24(15-18-32(26)42-35(25)37-21)22(2)36(41)43-33-12-6-10-29-28(33)16-17-31(34(29)40)39-38-30-11-5-8-23-7-3-4-9-27(23)30/h3-19,22,38H,20H2,1-2H3. The molecular weight excluding hydrogens is 538 g/mol. The van der Waals surface area contributed by atoms with Gasteiger partial charge in [-0.15, -0.1) is 0 Å². The number of Topliss-reactive ketones (excluding diaryl/α,β-unsaturated/α-hetero) is 1. The van der Waals surface area contributed by atoms with Gasteiger partial charge in [0.15, 0.2) is 0 Å². The molecule has 0 radical (unpaired) electrons. The number of ether oxygens (including phenoxy) is 2. The molecule has 1 unspecified atom stereocenters. The van der Waals surface area contributed by atoms with Crippen LogP contribution in [0.3, 0.4) is 0 Å². The summed E-state index contributed by atoms with van der Waals surface area (Å²) in [5.74, 6) is 0.488. The number of ketones is 1. The lowest BCUT2D eigenvalue weighted by atomic mass is 9.93. The maximum Gasteiger partial charge on any atom is 0.318 e. The molecule has 1 aliphatic carbocycles. The molecular formula is C36H27N3O4. The lowest BCUT2D eigenvalue weighted by Gasteiger charge is -2.21. The first-order chi connectivity index (χ1) is 20.9. The number of rotatable bonds is 5. The van der Waals surface area contributed by atoms with E-state index in [0.717, 1.165) is 44.6 Å². The van der Waals surface area contributed by atoms with Crippen molar-refractivity contribution in [2.75, 3.05) is 5.43 Å². The SMILES string of the molecule is Cc1ccc2c(n1)Oc1ccc(C(C)C(=O)Oc3cccc4c3C=CC(=NNc3cccc5ccccc35)C4=O)cc1C2. The Hall–Kier alpha value is -5.56.